The number of anilines is 2. The lowest BCUT2D eigenvalue weighted by molar-refractivity contribution is 0.0953. The second kappa shape index (κ2) is 10.3. The first-order chi connectivity index (χ1) is 15.6. The first-order valence-corrected chi connectivity index (χ1v) is 11.2. The number of nitrogens with one attached hydrogen (secondary N) is 2. The molecule has 2 amide bonds. The maximum absolute atomic E-state index is 12.9. The number of hydrogen-bond acceptors (Lipinski definition) is 3. The highest BCUT2D eigenvalue weighted by Crippen LogP contribution is 2.25. The van der Waals surface area contributed by atoms with Crippen molar-refractivity contribution in [3.8, 4) is 0 Å². The van der Waals surface area contributed by atoms with Crippen molar-refractivity contribution in [1.82, 2.24) is 5.32 Å². The fraction of sp³-hybridized carbons (Fsp3) is 0.286. The Labute approximate surface area is 196 Å². The minimum Gasteiger partial charge on any atom is -0.377 e. The highest BCUT2D eigenvalue weighted by Gasteiger charge is 2.17. The number of amides is 2. The first kappa shape index (κ1) is 24.1. The molecule has 0 aliphatic rings. The Balaban J connectivity index is 1.72. The molecule has 0 aliphatic carbocycles. The summed E-state index contributed by atoms with van der Waals surface area (Å²) < 4.78 is 0. The van der Waals surface area contributed by atoms with Crippen molar-refractivity contribution in [3.05, 3.63) is 95.1 Å². The molecule has 0 radical (unpaired) electrons. The fourth-order valence-corrected chi connectivity index (χ4v) is 3.57. The first-order valence-electron chi connectivity index (χ1n) is 11.2. The number of carbonyl (C=O) groups is 2. The highest BCUT2D eigenvalue weighted by molar-refractivity contribution is 6.06. The lowest BCUT2D eigenvalue weighted by Crippen LogP contribution is -2.28. The summed E-state index contributed by atoms with van der Waals surface area (Å²) in [7, 11) is 3.79. The van der Waals surface area contributed by atoms with Crippen molar-refractivity contribution in [2.75, 3.05) is 30.9 Å². The van der Waals surface area contributed by atoms with Gasteiger partial charge in [0, 0.05) is 37.6 Å². The summed E-state index contributed by atoms with van der Waals surface area (Å²) >= 11 is 0. The van der Waals surface area contributed by atoms with Crippen LogP contribution in [0.4, 0.5) is 11.4 Å². The summed E-state index contributed by atoms with van der Waals surface area (Å²) in [5, 5.41) is 5.92. The summed E-state index contributed by atoms with van der Waals surface area (Å²) in [4.78, 5) is 27.6. The molecule has 0 fully saturated rings. The van der Waals surface area contributed by atoms with Gasteiger partial charge in [-0.3, -0.25) is 9.59 Å². The van der Waals surface area contributed by atoms with E-state index in [1.807, 2.05) is 85.7 Å². The van der Waals surface area contributed by atoms with Crippen molar-refractivity contribution in [1.29, 1.82) is 0 Å². The van der Waals surface area contributed by atoms with Crippen LogP contribution >= 0.6 is 0 Å². The van der Waals surface area contributed by atoms with Gasteiger partial charge in [0.15, 0.2) is 0 Å². The standard InChI is InChI=1S/C28H33N3O2/c1-28(2,3)22-13-11-21(12-14-22)26(32)30-23-15-16-25(31(4)5)24(19-23)27(33)29-18-17-20-9-7-6-8-10-20/h6-16,19H,17-18H2,1-5H3,(H,29,33)(H,30,32). The van der Waals surface area contributed by atoms with Crippen LogP contribution in [0.1, 0.15) is 52.6 Å². The molecule has 0 saturated carbocycles. The Kier molecular flexibility index (Phi) is 7.54. The van der Waals surface area contributed by atoms with E-state index in [1.54, 1.807) is 6.07 Å². The fourth-order valence-electron chi connectivity index (χ4n) is 3.57. The summed E-state index contributed by atoms with van der Waals surface area (Å²) in [6.45, 7) is 6.95. The van der Waals surface area contributed by atoms with Crippen molar-refractivity contribution in [2.24, 2.45) is 0 Å². The second-order valence-corrected chi connectivity index (χ2v) is 9.40. The van der Waals surface area contributed by atoms with Crippen LogP contribution < -0.4 is 15.5 Å². The predicted molar refractivity (Wildman–Crippen MR) is 136 cm³/mol. The van der Waals surface area contributed by atoms with Crippen molar-refractivity contribution in [2.45, 2.75) is 32.6 Å². The molecular formula is C28H33N3O2. The lowest BCUT2D eigenvalue weighted by atomic mass is 9.87. The number of carbonyl (C=O) groups excluding carboxylic acids is 2. The van der Waals surface area contributed by atoms with Crippen LogP contribution in [0, 0.1) is 0 Å². The molecule has 0 saturated heterocycles. The Morgan fingerprint density at radius 1 is 0.848 bits per heavy atom. The molecule has 0 bridgehead atoms. The average Bonchev–Trinajstić information content (AvgIpc) is 2.79. The molecule has 0 spiro atoms. The molecule has 2 N–H and O–H groups in total. The third-order valence-electron chi connectivity index (χ3n) is 5.54. The summed E-state index contributed by atoms with van der Waals surface area (Å²) in [6, 6.07) is 23.1. The number of nitrogens with zero attached hydrogens (tertiary/aromatic N) is 1. The summed E-state index contributed by atoms with van der Waals surface area (Å²) in [5.74, 6) is -0.372. The minimum absolute atomic E-state index is 0.0276. The van der Waals surface area contributed by atoms with Crippen LogP contribution in [0.15, 0.2) is 72.8 Å². The summed E-state index contributed by atoms with van der Waals surface area (Å²) in [6.07, 6.45) is 0.755. The van der Waals surface area contributed by atoms with Gasteiger partial charge in [0.05, 0.1) is 5.56 Å². The monoisotopic (exact) mass is 443 g/mol. The van der Waals surface area contributed by atoms with Gasteiger partial charge in [-0.05, 0) is 53.3 Å². The normalized spacial score (nSPS) is 11.1. The zero-order chi connectivity index (χ0) is 24.0. The molecule has 5 nitrogen and oxygen atoms in total. The van der Waals surface area contributed by atoms with Gasteiger partial charge in [-0.25, -0.2) is 0 Å². The maximum atomic E-state index is 12.9. The molecule has 0 heterocycles. The van der Waals surface area contributed by atoms with Gasteiger partial charge >= 0.3 is 0 Å². The number of hydrogen-bond donors (Lipinski definition) is 2. The molecule has 3 aromatic carbocycles. The topological polar surface area (TPSA) is 61.4 Å². The van der Waals surface area contributed by atoms with Crippen LogP contribution in [-0.2, 0) is 11.8 Å². The Morgan fingerprint density at radius 3 is 2.12 bits per heavy atom. The molecule has 0 atom stereocenters. The van der Waals surface area contributed by atoms with Crippen LogP contribution in [0.5, 0.6) is 0 Å². The molecule has 0 unspecified atom stereocenters. The van der Waals surface area contributed by atoms with Crippen LogP contribution in [0.3, 0.4) is 0 Å². The second-order valence-electron chi connectivity index (χ2n) is 9.40. The molecule has 3 rings (SSSR count). The van der Waals surface area contributed by atoms with E-state index < -0.39 is 0 Å². The van der Waals surface area contributed by atoms with E-state index in [0.29, 0.717) is 23.4 Å². The van der Waals surface area contributed by atoms with E-state index in [4.69, 9.17) is 0 Å². The molecular weight excluding hydrogens is 410 g/mol. The SMILES string of the molecule is CN(C)c1ccc(NC(=O)c2ccc(C(C)(C)C)cc2)cc1C(=O)NCCc1ccccc1. The van der Waals surface area contributed by atoms with Crippen molar-refractivity contribution in [3.63, 3.8) is 0 Å². The van der Waals surface area contributed by atoms with Crippen LogP contribution in [0.2, 0.25) is 0 Å². The lowest BCUT2D eigenvalue weighted by Gasteiger charge is -2.19. The smallest absolute Gasteiger partial charge is 0.255 e. The third kappa shape index (κ3) is 6.45. The molecule has 0 aromatic heterocycles. The molecule has 172 valence electrons. The van der Waals surface area contributed by atoms with Gasteiger partial charge in [0.2, 0.25) is 0 Å². The van der Waals surface area contributed by atoms with E-state index in [2.05, 4.69) is 31.4 Å². The Bertz CT molecular complexity index is 1100. The molecule has 5 heteroatoms. The highest BCUT2D eigenvalue weighted by atomic mass is 16.2. The summed E-state index contributed by atoms with van der Waals surface area (Å²) in [5.41, 5.74) is 4.84. The quantitative estimate of drug-likeness (QED) is 0.523. The number of rotatable bonds is 7. The Hall–Kier alpha value is -3.60. The van der Waals surface area contributed by atoms with Crippen LogP contribution in [-0.4, -0.2) is 32.5 Å². The van der Waals surface area contributed by atoms with Crippen molar-refractivity contribution < 1.29 is 9.59 Å². The minimum atomic E-state index is -0.205. The van der Waals surface area contributed by atoms with E-state index in [-0.39, 0.29) is 17.2 Å². The van der Waals surface area contributed by atoms with Crippen LogP contribution in [0.25, 0.3) is 0 Å². The van der Waals surface area contributed by atoms with Gasteiger partial charge in [-0.2, -0.15) is 0 Å². The number of benzene rings is 3. The van der Waals surface area contributed by atoms with Crippen molar-refractivity contribution >= 4 is 23.2 Å². The predicted octanol–water partition coefficient (Wildman–Crippen LogP) is 5.27. The molecule has 3 aromatic rings. The zero-order valence-corrected chi connectivity index (χ0v) is 20.1. The average molecular weight is 444 g/mol. The Morgan fingerprint density at radius 2 is 1.52 bits per heavy atom. The van der Waals surface area contributed by atoms with Gasteiger partial charge < -0.3 is 15.5 Å². The zero-order valence-electron chi connectivity index (χ0n) is 20.1. The molecule has 0 aliphatic heterocycles. The van der Waals surface area contributed by atoms with Gasteiger partial charge in [-0.1, -0.05) is 63.2 Å². The van der Waals surface area contributed by atoms with E-state index in [9.17, 15) is 9.59 Å². The third-order valence-corrected chi connectivity index (χ3v) is 5.54. The van der Waals surface area contributed by atoms with Gasteiger partial charge in [0.25, 0.3) is 11.8 Å². The van der Waals surface area contributed by atoms with E-state index in [0.717, 1.165) is 12.1 Å². The maximum Gasteiger partial charge on any atom is 0.255 e. The largest absolute Gasteiger partial charge is 0.377 e. The van der Waals surface area contributed by atoms with E-state index >= 15 is 0 Å². The molecule has 33 heavy (non-hydrogen) atoms. The van der Waals surface area contributed by atoms with Gasteiger partial charge in [-0.15, -0.1) is 0 Å². The van der Waals surface area contributed by atoms with E-state index in [1.165, 1.54) is 11.1 Å². The van der Waals surface area contributed by atoms with Gasteiger partial charge in [0.1, 0.15) is 0 Å².